The zero-order valence-electron chi connectivity index (χ0n) is 12.7. The van der Waals surface area contributed by atoms with E-state index in [1.807, 2.05) is 6.92 Å². The van der Waals surface area contributed by atoms with Crippen LogP contribution in [0.25, 0.3) is 0 Å². The Morgan fingerprint density at radius 1 is 1.50 bits per heavy atom. The lowest BCUT2D eigenvalue weighted by Crippen LogP contribution is -2.33. The van der Waals surface area contributed by atoms with E-state index in [0.29, 0.717) is 17.5 Å². The molecule has 2 rings (SSSR count). The van der Waals surface area contributed by atoms with Crippen molar-refractivity contribution in [1.82, 2.24) is 15.5 Å². The van der Waals surface area contributed by atoms with Crippen molar-refractivity contribution in [2.75, 3.05) is 17.3 Å². The van der Waals surface area contributed by atoms with Crippen molar-refractivity contribution in [2.45, 2.75) is 50.3 Å². The zero-order valence-corrected chi connectivity index (χ0v) is 14.4. The number of carbonyl (C=O) groups is 1. The Balaban J connectivity index is 1.81. The summed E-state index contributed by atoms with van der Waals surface area (Å²) in [6.45, 7) is 4.04. The number of nitrogens with one attached hydrogen (secondary N) is 1. The summed E-state index contributed by atoms with van der Waals surface area (Å²) in [4.78, 5) is 11.7. The smallest absolute Gasteiger partial charge is 0.277 e. The molecule has 1 aliphatic rings. The molecule has 1 amide bonds. The second-order valence-electron chi connectivity index (χ2n) is 5.55. The Hall–Kier alpha value is -1.09. The van der Waals surface area contributed by atoms with E-state index in [4.69, 9.17) is 4.42 Å². The fourth-order valence-corrected chi connectivity index (χ4v) is 4.70. The minimum absolute atomic E-state index is 0.0638. The molecule has 2 atom stereocenters. The van der Waals surface area contributed by atoms with Gasteiger partial charge in [-0.15, -0.1) is 10.2 Å². The summed E-state index contributed by atoms with van der Waals surface area (Å²) in [5.41, 5.74) is 0. The summed E-state index contributed by atoms with van der Waals surface area (Å²) in [6.07, 6.45) is 2.48. The van der Waals surface area contributed by atoms with Crippen molar-refractivity contribution in [3.63, 3.8) is 0 Å². The maximum atomic E-state index is 11.7. The monoisotopic (exact) mass is 347 g/mol. The lowest BCUT2D eigenvalue weighted by molar-refractivity contribution is -0.119. The van der Waals surface area contributed by atoms with Gasteiger partial charge in [0, 0.05) is 6.04 Å². The highest BCUT2D eigenvalue weighted by Gasteiger charge is 2.32. The average Bonchev–Trinajstić information content (AvgIpc) is 3.03. The largest absolute Gasteiger partial charge is 0.416 e. The number of hydrogen-bond donors (Lipinski definition) is 1. The minimum Gasteiger partial charge on any atom is -0.416 e. The van der Waals surface area contributed by atoms with E-state index < -0.39 is 9.84 Å². The molecular formula is C13H21N3O4S2. The van der Waals surface area contributed by atoms with E-state index in [1.54, 1.807) is 0 Å². The summed E-state index contributed by atoms with van der Waals surface area (Å²) in [5.74, 6) is 0.496. The van der Waals surface area contributed by atoms with Crippen LogP contribution in [-0.2, 0) is 14.6 Å². The number of amides is 1. The number of thioether (sulfide) groups is 1. The van der Waals surface area contributed by atoms with Crippen LogP contribution in [0.5, 0.6) is 0 Å². The SMILES string of the molecule is CCC[C@H](C)NC(=O)CSc1nnc([C@@H]2CCS(=O)(=O)C2)o1. The highest BCUT2D eigenvalue weighted by Crippen LogP contribution is 2.29. The fourth-order valence-electron chi connectivity index (χ4n) is 2.38. The molecule has 1 aromatic heterocycles. The van der Waals surface area contributed by atoms with E-state index in [2.05, 4.69) is 22.4 Å². The van der Waals surface area contributed by atoms with E-state index in [1.165, 1.54) is 11.8 Å². The van der Waals surface area contributed by atoms with Crippen LogP contribution in [0.3, 0.4) is 0 Å². The van der Waals surface area contributed by atoms with Crippen LogP contribution in [0.4, 0.5) is 0 Å². The molecule has 124 valence electrons. The van der Waals surface area contributed by atoms with Gasteiger partial charge in [-0.3, -0.25) is 4.79 Å². The van der Waals surface area contributed by atoms with E-state index >= 15 is 0 Å². The van der Waals surface area contributed by atoms with Crippen molar-refractivity contribution in [3.05, 3.63) is 5.89 Å². The fraction of sp³-hybridized carbons (Fsp3) is 0.769. The molecule has 1 aliphatic heterocycles. The van der Waals surface area contributed by atoms with Gasteiger partial charge in [0.15, 0.2) is 9.84 Å². The van der Waals surface area contributed by atoms with Gasteiger partial charge in [-0.1, -0.05) is 25.1 Å². The van der Waals surface area contributed by atoms with Crippen molar-refractivity contribution in [3.8, 4) is 0 Å². The molecule has 0 saturated carbocycles. The summed E-state index contributed by atoms with van der Waals surface area (Å²) < 4.78 is 28.3. The number of hydrogen-bond acceptors (Lipinski definition) is 7. The van der Waals surface area contributed by atoms with Gasteiger partial charge in [-0.05, 0) is 19.8 Å². The Labute approximate surface area is 134 Å². The minimum atomic E-state index is -2.98. The Morgan fingerprint density at radius 2 is 2.27 bits per heavy atom. The second kappa shape index (κ2) is 7.45. The highest BCUT2D eigenvalue weighted by atomic mass is 32.2. The molecule has 0 aliphatic carbocycles. The second-order valence-corrected chi connectivity index (χ2v) is 8.71. The molecule has 1 saturated heterocycles. The van der Waals surface area contributed by atoms with Crippen LogP contribution in [-0.4, -0.2) is 47.8 Å². The van der Waals surface area contributed by atoms with Crippen LogP contribution in [0, 0.1) is 0 Å². The first-order valence-electron chi connectivity index (χ1n) is 7.35. The third kappa shape index (κ3) is 4.98. The predicted octanol–water partition coefficient (Wildman–Crippen LogP) is 1.37. The third-order valence-corrected chi connectivity index (χ3v) is 6.05. The Kier molecular flexibility index (Phi) is 5.85. The third-order valence-electron chi connectivity index (χ3n) is 3.46. The van der Waals surface area contributed by atoms with Crippen LogP contribution in [0.1, 0.15) is 44.9 Å². The number of nitrogens with zero attached hydrogens (tertiary/aromatic N) is 2. The summed E-state index contributed by atoms with van der Waals surface area (Å²) in [7, 11) is -2.98. The molecular weight excluding hydrogens is 326 g/mol. The van der Waals surface area contributed by atoms with Crippen LogP contribution < -0.4 is 5.32 Å². The maximum Gasteiger partial charge on any atom is 0.277 e. The van der Waals surface area contributed by atoms with Gasteiger partial charge in [0.05, 0.1) is 23.2 Å². The molecule has 0 spiro atoms. The number of rotatable bonds is 7. The van der Waals surface area contributed by atoms with Gasteiger partial charge in [-0.2, -0.15) is 0 Å². The van der Waals surface area contributed by atoms with Gasteiger partial charge in [-0.25, -0.2) is 8.42 Å². The normalized spacial score (nSPS) is 21.6. The molecule has 2 heterocycles. The van der Waals surface area contributed by atoms with Crippen molar-refractivity contribution in [1.29, 1.82) is 0 Å². The first-order valence-corrected chi connectivity index (χ1v) is 10.2. The van der Waals surface area contributed by atoms with Crippen molar-refractivity contribution in [2.24, 2.45) is 0 Å². The van der Waals surface area contributed by atoms with Gasteiger partial charge >= 0.3 is 0 Å². The molecule has 0 radical (unpaired) electrons. The Morgan fingerprint density at radius 3 is 2.91 bits per heavy atom. The molecule has 0 unspecified atom stereocenters. The molecule has 0 aromatic carbocycles. The quantitative estimate of drug-likeness (QED) is 0.743. The summed E-state index contributed by atoms with van der Waals surface area (Å²) in [5, 5.41) is 11.0. The summed E-state index contributed by atoms with van der Waals surface area (Å²) in [6, 6.07) is 0.153. The first-order chi connectivity index (χ1) is 10.4. The lowest BCUT2D eigenvalue weighted by atomic mass is 10.1. The van der Waals surface area contributed by atoms with Gasteiger partial charge in [0.25, 0.3) is 5.22 Å². The van der Waals surface area contributed by atoms with Gasteiger partial charge in [0.1, 0.15) is 0 Å². The van der Waals surface area contributed by atoms with E-state index in [-0.39, 0.29) is 35.1 Å². The summed E-state index contributed by atoms with van der Waals surface area (Å²) >= 11 is 1.17. The standard InChI is InChI=1S/C13H21N3O4S2/c1-3-4-9(2)14-11(17)7-21-13-16-15-12(20-13)10-5-6-22(18,19)8-10/h9-10H,3-8H2,1-2H3,(H,14,17)/t9-,10+/m0/s1. The zero-order chi connectivity index (χ0) is 16.2. The molecule has 0 bridgehead atoms. The topological polar surface area (TPSA) is 102 Å². The maximum absolute atomic E-state index is 11.7. The van der Waals surface area contributed by atoms with Crippen molar-refractivity contribution < 1.29 is 17.6 Å². The highest BCUT2D eigenvalue weighted by molar-refractivity contribution is 7.99. The predicted molar refractivity (Wildman–Crippen MR) is 83.5 cm³/mol. The van der Waals surface area contributed by atoms with Gasteiger partial charge in [0.2, 0.25) is 11.8 Å². The number of carbonyl (C=O) groups excluding carboxylic acids is 1. The molecule has 1 N–H and O–H groups in total. The van der Waals surface area contributed by atoms with Gasteiger partial charge < -0.3 is 9.73 Å². The molecule has 7 nitrogen and oxygen atoms in total. The first kappa shape index (κ1) is 17.3. The number of aromatic nitrogens is 2. The molecule has 1 fully saturated rings. The molecule has 22 heavy (non-hydrogen) atoms. The van der Waals surface area contributed by atoms with E-state index in [9.17, 15) is 13.2 Å². The van der Waals surface area contributed by atoms with Crippen molar-refractivity contribution >= 4 is 27.5 Å². The van der Waals surface area contributed by atoms with Crippen LogP contribution in [0.2, 0.25) is 0 Å². The van der Waals surface area contributed by atoms with E-state index in [0.717, 1.165) is 12.8 Å². The van der Waals surface area contributed by atoms with Crippen LogP contribution in [0.15, 0.2) is 9.64 Å². The molecule has 9 heteroatoms. The lowest BCUT2D eigenvalue weighted by Gasteiger charge is -2.11. The molecule has 1 aromatic rings. The van der Waals surface area contributed by atoms with Crippen LogP contribution >= 0.6 is 11.8 Å². The number of sulfone groups is 1. The average molecular weight is 347 g/mol. The Bertz CT molecular complexity index is 615.